The molecular formula is C17H12N2O4S3. The lowest BCUT2D eigenvalue weighted by molar-refractivity contribution is 0.0602. The van der Waals surface area contributed by atoms with Crippen LogP contribution in [0.15, 0.2) is 52.7 Å². The van der Waals surface area contributed by atoms with Crippen molar-refractivity contribution in [3.63, 3.8) is 0 Å². The summed E-state index contributed by atoms with van der Waals surface area (Å²) in [7, 11) is -2.74. The van der Waals surface area contributed by atoms with Gasteiger partial charge in [-0.3, -0.25) is 4.72 Å². The highest BCUT2D eigenvalue weighted by Gasteiger charge is 2.25. The number of carbonyl (C=O) groups excluding carboxylic acids is 1. The van der Waals surface area contributed by atoms with Crippen LogP contribution in [0, 0.1) is 0 Å². The van der Waals surface area contributed by atoms with Gasteiger partial charge in [-0.1, -0.05) is 41.7 Å². The lowest BCUT2D eigenvalue weighted by Gasteiger charge is -2.05. The minimum Gasteiger partial charge on any atom is -0.465 e. The molecule has 0 aliphatic carbocycles. The van der Waals surface area contributed by atoms with Gasteiger partial charge in [-0.15, -0.1) is 11.3 Å². The first-order valence-electron chi connectivity index (χ1n) is 7.46. The van der Waals surface area contributed by atoms with Crippen LogP contribution in [-0.2, 0) is 14.8 Å². The smallest absolute Gasteiger partial charge is 0.349 e. The number of esters is 1. The van der Waals surface area contributed by atoms with Crippen LogP contribution in [0.5, 0.6) is 0 Å². The molecule has 0 aliphatic heterocycles. The van der Waals surface area contributed by atoms with E-state index in [1.165, 1.54) is 29.9 Å². The van der Waals surface area contributed by atoms with Crippen molar-refractivity contribution in [3.05, 3.63) is 52.7 Å². The molecule has 4 aromatic rings. The third-order valence-corrected chi connectivity index (χ3v) is 7.26. The molecule has 0 amide bonds. The van der Waals surface area contributed by atoms with Crippen LogP contribution in [0.25, 0.3) is 21.0 Å². The molecular weight excluding hydrogens is 392 g/mol. The number of nitrogens with one attached hydrogen (secondary N) is 1. The molecule has 4 rings (SSSR count). The first kappa shape index (κ1) is 17.0. The number of sulfonamides is 1. The fourth-order valence-electron chi connectivity index (χ4n) is 2.63. The van der Waals surface area contributed by atoms with E-state index >= 15 is 0 Å². The molecule has 1 N–H and O–H groups in total. The van der Waals surface area contributed by atoms with Crippen LogP contribution in [0.4, 0.5) is 5.13 Å². The van der Waals surface area contributed by atoms with Gasteiger partial charge in [-0.05, 0) is 22.9 Å². The van der Waals surface area contributed by atoms with Crippen molar-refractivity contribution in [2.75, 3.05) is 11.8 Å². The van der Waals surface area contributed by atoms with E-state index in [0.717, 1.165) is 32.3 Å². The van der Waals surface area contributed by atoms with Crippen molar-refractivity contribution in [1.29, 1.82) is 0 Å². The summed E-state index contributed by atoms with van der Waals surface area (Å²) in [6.07, 6.45) is 0. The molecule has 2 aromatic heterocycles. The molecule has 2 aromatic carbocycles. The molecule has 0 atom stereocenters. The number of aromatic nitrogens is 1. The van der Waals surface area contributed by atoms with E-state index in [0.29, 0.717) is 0 Å². The number of methoxy groups -OCH3 is 1. The first-order chi connectivity index (χ1) is 12.5. The Bertz CT molecular complexity index is 1240. The SMILES string of the molecule is COC(=O)c1sccc1S(=O)(=O)Nc1nc2c(ccc3ccccc32)s1. The summed E-state index contributed by atoms with van der Waals surface area (Å²) in [5, 5.41) is 3.77. The molecule has 0 saturated heterocycles. The van der Waals surface area contributed by atoms with E-state index in [1.807, 2.05) is 36.4 Å². The highest BCUT2D eigenvalue weighted by Crippen LogP contribution is 2.33. The maximum absolute atomic E-state index is 12.7. The van der Waals surface area contributed by atoms with Gasteiger partial charge < -0.3 is 4.74 Å². The number of benzene rings is 2. The third-order valence-electron chi connectivity index (χ3n) is 3.79. The number of thiazole rings is 1. The predicted octanol–water partition coefficient (Wildman–Crippen LogP) is 4.10. The zero-order valence-corrected chi connectivity index (χ0v) is 15.9. The van der Waals surface area contributed by atoms with E-state index in [-0.39, 0.29) is 14.9 Å². The second-order valence-electron chi connectivity index (χ2n) is 5.36. The number of ether oxygens (including phenoxy) is 1. The third kappa shape index (κ3) is 2.83. The van der Waals surface area contributed by atoms with Gasteiger partial charge in [0, 0.05) is 5.39 Å². The Morgan fingerprint density at radius 3 is 2.77 bits per heavy atom. The van der Waals surface area contributed by atoms with Crippen molar-refractivity contribution in [3.8, 4) is 0 Å². The van der Waals surface area contributed by atoms with Crippen molar-refractivity contribution in [1.82, 2.24) is 4.98 Å². The maximum atomic E-state index is 12.7. The fourth-order valence-corrected chi connectivity index (χ4v) is 6.08. The van der Waals surface area contributed by atoms with Crippen LogP contribution < -0.4 is 4.72 Å². The van der Waals surface area contributed by atoms with Crippen molar-refractivity contribution < 1.29 is 17.9 Å². The molecule has 0 spiro atoms. The maximum Gasteiger partial charge on any atom is 0.349 e. The molecule has 132 valence electrons. The average Bonchev–Trinajstić information content (AvgIpc) is 3.27. The number of thiophene rings is 1. The monoisotopic (exact) mass is 404 g/mol. The number of nitrogens with zero attached hydrogens (tertiary/aromatic N) is 1. The Kier molecular flexibility index (Phi) is 4.14. The second-order valence-corrected chi connectivity index (χ2v) is 8.96. The predicted molar refractivity (Wildman–Crippen MR) is 104 cm³/mol. The molecule has 0 saturated carbocycles. The van der Waals surface area contributed by atoms with Crippen LogP contribution in [-0.4, -0.2) is 26.5 Å². The van der Waals surface area contributed by atoms with E-state index in [2.05, 4.69) is 14.4 Å². The van der Waals surface area contributed by atoms with Gasteiger partial charge >= 0.3 is 5.97 Å². The van der Waals surface area contributed by atoms with Gasteiger partial charge in [0.25, 0.3) is 10.0 Å². The summed E-state index contributed by atoms with van der Waals surface area (Å²) in [6.45, 7) is 0. The van der Waals surface area contributed by atoms with Crippen molar-refractivity contribution >= 4 is 64.8 Å². The Morgan fingerprint density at radius 2 is 1.96 bits per heavy atom. The summed E-state index contributed by atoms with van der Waals surface area (Å²) >= 11 is 2.26. The molecule has 6 nitrogen and oxygen atoms in total. The Hall–Kier alpha value is -2.49. The minimum atomic E-state index is -3.95. The highest BCUT2D eigenvalue weighted by atomic mass is 32.2. The molecule has 9 heteroatoms. The quantitative estimate of drug-likeness (QED) is 0.518. The Labute approximate surface area is 157 Å². The van der Waals surface area contributed by atoms with Crippen molar-refractivity contribution in [2.45, 2.75) is 4.90 Å². The molecule has 0 aliphatic rings. The molecule has 0 radical (unpaired) electrons. The van der Waals surface area contributed by atoms with Gasteiger partial charge in [0.05, 0.1) is 17.3 Å². The Morgan fingerprint density at radius 1 is 1.15 bits per heavy atom. The largest absolute Gasteiger partial charge is 0.465 e. The van der Waals surface area contributed by atoms with Gasteiger partial charge in [-0.25, -0.2) is 18.2 Å². The zero-order chi connectivity index (χ0) is 18.3. The highest BCUT2D eigenvalue weighted by molar-refractivity contribution is 7.93. The van der Waals surface area contributed by atoms with Crippen LogP contribution in [0.2, 0.25) is 0 Å². The number of carbonyl (C=O) groups is 1. The number of hydrogen-bond donors (Lipinski definition) is 1. The zero-order valence-electron chi connectivity index (χ0n) is 13.4. The second kappa shape index (κ2) is 6.35. The van der Waals surface area contributed by atoms with E-state index in [4.69, 9.17) is 0 Å². The average molecular weight is 404 g/mol. The number of anilines is 1. The lowest BCUT2D eigenvalue weighted by Crippen LogP contribution is -2.15. The number of hydrogen-bond acceptors (Lipinski definition) is 7. The van der Waals surface area contributed by atoms with Crippen LogP contribution in [0.3, 0.4) is 0 Å². The Balaban J connectivity index is 1.76. The summed E-state index contributed by atoms with van der Waals surface area (Å²) < 4.78 is 33.4. The minimum absolute atomic E-state index is 0.0339. The topological polar surface area (TPSA) is 85.4 Å². The van der Waals surface area contributed by atoms with E-state index < -0.39 is 16.0 Å². The normalized spacial score (nSPS) is 11.7. The molecule has 26 heavy (non-hydrogen) atoms. The van der Waals surface area contributed by atoms with E-state index in [9.17, 15) is 13.2 Å². The van der Waals surface area contributed by atoms with Gasteiger partial charge in [0.2, 0.25) is 0 Å². The standard InChI is InChI=1S/C17H12N2O4S3/c1-23-16(20)15-13(8-9-24-15)26(21,22)19-17-18-14-11-5-3-2-4-10(11)6-7-12(14)25-17/h2-9H,1H3,(H,18,19). The van der Waals surface area contributed by atoms with Crippen LogP contribution in [0.1, 0.15) is 9.67 Å². The summed E-state index contributed by atoms with van der Waals surface area (Å²) in [5.74, 6) is -0.685. The first-order valence-corrected chi connectivity index (χ1v) is 10.6. The van der Waals surface area contributed by atoms with Crippen LogP contribution >= 0.6 is 22.7 Å². The van der Waals surface area contributed by atoms with E-state index in [1.54, 1.807) is 0 Å². The number of rotatable bonds is 4. The van der Waals surface area contributed by atoms with Crippen molar-refractivity contribution in [2.24, 2.45) is 0 Å². The molecule has 0 fully saturated rings. The number of fused-ring (bicyclic) bond motifs is 3. The van der Waals surface area contributed by atoms with Gasteiger partial charge in [0.15, 0.2) is 5.13 Å². The molecule has 0 bridgehead atoms. The lowest BCUT2D eigenvalue weighted by atomic mass is 10.1. The van der Waals surface area contributed by atoms with Gasteiger partial charge in [0.1, 0.15) is 9.77 Å². The van der Waals surface area contributed by atoms with Gasteiger partial charge in [-0.2, -0.15) is 0 Å². The molecule has 2 heterocycles. The fraction of sp³-hybridized carbons (Fsp3) is 0.0588. The summed E-state index contributed by atoms with van der Waals surface area (Å²) in [6, 6.07) is 13.0. The summed E-state index contributed by atoms with van der Waals surface area (Å²) in [4.78, 5) is 16.1. The molecule has 0 unspecified atom stereocenters. The summed E-state index contributed by atoms with van der Waals surface area (Å²) in [5.41, 5.74) is 0.740.